The van der Waals surface area contributed by atoms with Gasteiger partial charge in [0.15, 0.2) is 9.84 Å². The Labute approximate surface area is 164 Å². The molecule has 2 aromatic carbocycles. The van der Waals surface area contributed by atoms with Gasteiger partial charge in [-0.25, -0.2) is 8.42 Å². The summed E-state index contributed by atoms with van der Waals surface area (Å²) in [7, 11) is -3.61. The minimum absolute atomic E-state index is 0.0202. The summed E-state index contributed by atoms with van der Waals surface area (Å²) in [6, 6.07) is 11.4. The number of allylic oxidation sites excluding steroid dienone is 2. The largest absolute Gasteiger partial charge is 0.481 e. The van der Waals surface area contributed by atoms with Gasteiger partial charge in [0, 0.05) is 6.42 Å². The molecule has 0 aliphatic rings. The molecular weight excluding hydrogens is 380 g/mol. The number of carboxylic acids is 1. The minimum atomic E-state index is -3.61. The third kappa shape index (κ3) is 5.76. The van der Waals surface area contributed by atoms with Gasteiger partial charge in [-0.15, -0.1) is 0 Å². The van der Waals surface area contributed by atoms with E-state index in [-0.39, 0.29) is 30.3 Å². The summed E-state index contributed by atoms with van der Waals surface area (Å²) in [5.74, 6) is -1.11. The van der Waals surface area contributed by atoms with Crippen molar-refractivity contribution >= 4 is 21.4 Å². The monoisotopic (exact) mass is 404 g/mol. The quantitative estimate of drug-likeness (QED) is 0.592. The molecule has 0 heterocycles. The third-order valence-electron chi connectivity index (χ3n) is 4.43. The van der Waals surface area contributed by atoms with Gasteiger partial charge in [0.25, 0.3) is 0 Å². The zero-order valence-corrected chi connectivity index (χ0v) is 16.4. The summed E-state index contributed by atoms with van der Waals surface area (Å²) in [5.41, 5.74) is 3.13. The van der Waals surface area contributed by atoms with Crippen LogP contribution < -0.4 is 0 Å². The van der Waals surface area contributed by atoms with E-state index in [2.05, 4.69) is 0 Å². The first-order chi connectivity index (χ1) is 13.3. The van der Waals surface area contributed by atoms with E-state index in [4.69, 9.17) is 5.11 Å². The molecule has 3 N–H and O–H groups in total. The van der Waals surface area contributed by atoms with Gasteiger partial charge in [-0.2, -0.15) is 0 Å². The van der Waals surface area contributed by atoms with E-state index in [0.717, 1.165) is 11.1 Å². The zero-order valence-electron chi connectivity index (χ0n) is 15.6. The van der Waals surface area contributed by atoms with Crippen molar-refractivity contribution in [3.8, 4) is 0 Å². The van der Waals surface area contributed by atoms with Crippen LogP contribution in [0, 0.1) is 0 Å². The number of hydrogen-bond donors (Lipinski definition) is 3. The van der Waals surface area contributed by atoms with Gasteiger partial charge in [0.2, 0.25) is 0 Å². The molecule has 28 heavy (non-hydrogen) atoms. The van der Waals surface area contributed by atoms with E-state index in [1.165, 1.54) is 6.07 Å². The highest BCUT2D eigenvalue weighted by Gasteiger charge is 2.17. The Morgan fingerprint density at radius 2 is 1.75 bits per heavy atom. The Balaban J connectivity index is 2.25. The maximum absolute atomic E-state index is 12.8. The van der Waals surface area contributed by atoms with Crippen LogP contribution in [0.3, 0.4) is 0 Å². The highest BCUT2D eigenvalue weighted by Crippen LogP contribution is 2.23. The fourth-order valence-electron chi connectivity index (χ4n) is 2.84. The van der Waals surface area contributed by atoms with Crippen LogP contribution >= 0.6 is 0 Å². The normalized spacial score (nSPS) is 12.2. The third-order valence-corrected chi connectivity index (χ3v) is 6.11. The number of hydrogen-bond acceptors (Lipinski definition) is 5. The van der Waals surface area contributed by atoms with Crippen LogP contribution in [-0.4, -0.2) is 29.7 Å². The molecule has 0 aliphatic carbocycles. The number of carbonyl (C=O) groups is 1. The molecule has 0 atom stereocenters. The smallest absolute Gasteiger partial charge is 0.303 e. The number of benzene rings is 2. The van der Waals surface area contributed by atoms with Crippen LogP contribution in [0.1, 0.15) is 42.0 Å². The Morgan fingerprint density at radius 3 is 2.39 bits per heavy atom. The summed E-state index contributed by atoms with van der Waals surface area (Å²) in [6.07, 6.45) is 2.17. The lowest BCUT2D eigenvalue weighted by molar-refractivity contribution is -0.136. The number of rotatable bonds is 9. The van der Waals surface area contributed by atoms with Crippen molar-refractivity contribution in [3.63, 3.8) is 0 Å². The highest BCUT2D eigenvalue weighted by molar-refractivity contribution is 7.90. The van der Waals surface area contributed by atoms with E-state index in [0.29, 0.717) is 23.1 Å². The molecule has 0 aliphatic heterocycles. The second kappa shape index (κ2) is 9.64. The van der Waals surface area contributed by atoms with Crippen LogP contribution in [0.15, 0.2) is 53.4 Å². The van der Waals surface area contributed by atoms with Crippen LogP contribution in [0.5, 0.6) is 0 Å². The molecule has 0 spiro atoms. The molecule has 0 saturated heterocycles. The molecule has 150 valence electrons. The number of carboxylic acid groups (broad SMARTS) is 1. The van der Waals surface area contributed by atoms with Gasteiger partial charge in [-0.1, -0.05) is 36.4 Å². The van der Waals surface area contributed by atoms with Gasteiger partial charge in [-0.3, -0.25) is 4.79 Å². The molecular formula is C21H24O6S. The van der Waals surface area contributed by atoms with E-state index in [9.17, 15) is 23.4 Å². The Morgan fingerprint density at radius 1 is 1.04 bits per heavy atom. The van der Waals surface area contributed by atoms with Gasteiger partial charge >= 0.3 is 5.97 Å². The number of aliphatic hydroxyl groups excluding tert-OH is 2. The number of sulfone groups is 1. The number of aliphatic hydroxyl groups is 2. The van der Waals surface area contributed by atoms with Crippen LogP contribution in [0.4, 0.5) is 0 Å². The molecule has 0 bridgehead atoms. The first-order valence-corrected chi connectivity index (χ1v) is 10.5. The first-order valence-electron chi connectivity index (χ1n) is 8.81. The van der Waals surface area contributed by atoms with Crippen LogP contribution in [0.2, 0.25) is 0 Å². The van der Waals surface area contributed by atoms with Crippen LogP contribution in [-0.2, 0) is 33.6 Å². The number of aliphatic carboxylic acids is 1. The predicted molar refractivity (Wildman–Crippen MR) is 106 cm³/mol. The zero-order chi connectivity index (χ0) is 20.7. The molecule has 0 fully saturated rings. The summed E-state index contributed by atoms with van der Waals surface area (Å²) >= 11 is 0. The van der Waals surface area contributed by atoms with Gasteiger partial charge in [0.05, 0.1) is 23.9 Å². The average molecular weight is 404 g/mol. The first kappa shape index (κ1) is 21.8. The van der Waals surface area contributed by atoms with Crippen molar-refractivity contribution in [2.75, 3.05) is 0 Å². The molecule has 0 aromatic heterocycles. The average Bonchev–Trinajstić information content (AvgIpc) is 2.67. The van der Waals surface area contributed by atoms with E-state index in [1.54, 1.807) is 42.5 Å². The van der Waals surface area contributed by atoms with Crippen molar-refractivity contribution in [2.24, 2.45) is 0 Å². The fraction of sp³-hybridized carbons (Fsp3) is 0.286. The summed E-state index contributed by atoms with van der Waals surface area (Å²) in [6.45, 7) is 1.31. The van der Waals surface area contributed by atoms with Crippen LogP contribution in [0.25, 0.3) is 5.57 Å². The Kier molecular flexibility index (Phi) is 7.51. The molecule has 0 amide bonds. The molecule has 0 unspecified atom stereocenters. The van der Waals surface area contributed by atoms with Crippen molar-refractivity contribution in [3.05, 3.63) is 70.8 Å². The van der Waals surface area contributed by atoms with Crippen molar-refractivity contribution in [2.45, 2.75) is 43.6 Å². The van der Waals surface area contributed by atoms with E-state index in [1.807, 2.05) is 6.92 Å². The molecule has 0 radical (unpaired) electrons. The van der Waals surface area contributed by atoms with Gasteiger partial charge in [-0.05, 0) is 53.3 Å². The predicted octanol–water partition coefficient (Wildman–Crippen LogP) is 2.91. The standard InChI is InChI=1S/C21H24O6S/c1-15(4-2-7-21(24)25)17-5-3-6-20(11-17)28(26,27)14-16-8-9-18(12-22)19(10-16)13-23/h3-6,8-11,22-23H,2,7,12-14H2,1H3,(H,24,25)/b15-4+. The molecule has 6 nitrogen and oxygen atoms in total. The maximum atomic E-state index is 12.8. The topological polar surface area (TPSA) is 112 Å². The molecule has 0 saturated carbocycles. The van der Waals surface area contributed by atoms with Crippen molar-refractivity contribution in [1.82, 2.24) is 0 Å². The maximum Gasteiger partial charge on any atom is 0.303 e. The summed E-state index contributed by atoms with van der Waals surface area (Å²) < 4.78 is 25.6. The van der Waals surface area contributed by atoms with Gasteiger partial charge < -0.3 is 15.3 Å². The highest BCUT2D eigenvalue weighted by atomic mass is 32.2. The van der Waals surface area contributed by atoms with Gasteiger partial charge in [0.1, 0.15) is 0 Å². The summed E-state index contributed by atoms with van der Waals surface area (Å²) in [4.78, 5) is 10.8. The molecule has 2 rings (SSSR count). The lowest BCUT2D eigenvalue weighted by atomic mass is 10.1. The summed E-state index contributed by atoms with van der Waals surface area (Å²) in [5, 5.41) is 27.4. The Bertz CT molecular complexity index is 976. The van der Waals surface area contributed by atoms with E-state index < -0.39 is 15.8 Å². The Hall–Kier alpha value is -2.48. The SMILES string of the molecule is C/C(=C\CCC(=O)O)c1cccc(S(=O)(=O)Cc2ccc(CO)c(CO)c2)c1. The lowest BCUT2D eigenvalue weighted by Crippen LogP contribution is -2.06. The fourth-order valence-corrected chi connectivity index (χ4v) is 4.22. The van der Waals surface area contributed by atoms with Crippen molar-refractivity contribution < 1.29 is 28.5 Å². The minimum Gasteiger partial charge on any atom is -0.481 e. The second-order valence-electron chi connectivity index (χ2n) is 6.53. The lowest BCUT2D eigenvalue weighted by Gasteiger charge is -2.10. The molecule has 7 heteroatoms. The van der Waals surface area contributed by atoms with E-state index >= 15 is 0 Å². The second-order valence-corrected chi connectivity index (χ2v) is 8.52. The van der Waals surface area contributed by atoms with Crippen molar-refractivity contribution in [1.29, 1.82) is 0 Å². The molecule has 2 aromatic rings.